The first-order valence-electron chi connectivity index (χ1n) is 13.4. The Balaban J connectivity index is 0.00000241. The summed E-state index contributed by atoms with van der Waals surface area (Å²) in [4.78, 5) is 3.20. The van der Waals surface area contributed by atoms with E-state index in [1.807, 2.05) is 0 Å². The summed E-state index contributed by atoms with van der Waals surface area (Å²) < 4.78 is 0. The molecule has 0 amide bonds. The Hall–Kier alpha value is 0.305. The molecule has 3 fully saturated rings. The van der Waals surface area contributed by atoms with E-state index < -0.39 is 8.07 Å². The molecule has 0 spiro atoms. The van der Waals surface area contributed by atoms with Crippen LogP contribution in [0.15, 0.2) is 40.2 Å². The second kappa shape index (κ2) is 9.56. The molecule has 8 atom stereocenters. The third-order valence-electron chi connectivity index (χ3n) is 10.2. The van der Waals surface area contributed by atoms with E-state index in [1.54, 1.807) is 15.4 Å². The van der Waals surface area contributed by atoms with Gasteiger partial charge in [-0.15, -0.1) is 23.5 Å². The third kappa shape index (κ3) is 4.06. The van der Waals surface area contributed by atoms with Gasteiger partial charge in [-0.05, 0) is 78.3 Å². The molecule has 0 radical (unpaired) electrons. The number of allylic oxidation sites excluding steroid dienone is 4. The Morgan fingerprint density at radius 2 is 1.53 bits per heavy atom. The van der Waals surface area contributed by atoms with Crippen molar-refractivity contribution in [2.45, 2.75) is 94.0 Å². The summed E-state index contributed by atoms with van der Waals surface area (Å²) in [6.07, 6.45) is 13.9. The molecule has 0 N–H and O–H groups in total. The average molecular weight is 678 g/mol. The molecule has 2 heterocycles. The number of fused-ring (bicyclic) bond motifs is 4. The summed E-state index contributed by atoms with van der Waals surface area (Å²) in [6.45, 7) is 15.0. The van der Waals surface area contributed by atoms with Crippen molar-refractivity contribution in [2.75, 3.05) is 0 Å². The number of thioether (sulfide) groups is 2. The molecule has 0 bridgehead atoms. The standard InChI is InChI=1S/C30H41S2Si.W/c1-17-10-11-18(2)24(14-17)21-8-7-9-23-22(21)12-13-27(23)33(5,6)30-28-25(15-19(3)31-28)26-16-20(4)32-29(26)30;/h10-11,13-16,21-23,25-30H,7-9,12H2,1-6H3;/q-1;. The van der Waals surface area contributed by atoms with Crippen molar-refractivity contribution in [1.29, 1.82) is 0 Å². The van der Waals surface area contributed by atoms with Gasteiger partial charge in [0.25, 0.3) is 0 Å². The third-order valence-corrected chi connectivity index (χ3v) is 18.3. The monoisotopic (exact) mass is 677 g/mol. The minimum Gasteiger partial charge on any atom is -0.327 e. The van der Waals surface area contributed by atoms with Crippen LogP contribution in [-0.2, 0) is 21.1 Å². The second-order valence-electron chi connectivity index (χ2n) is 12.4. The van der Waals surface area contributed by atoms with Gasteiger partial charge in [0.05, 0.1) is 0 Å². The maximum Gasteiger partial charge on any atom is 0.0273 e. The molecule has 0 aromatic heterocycles. The summed E-state index contributed by atoms with van der Waals surface area (Å²) in [5.41, 5.74) is 6.49. The molecule has 6 rings (SSSR count). The van der Waals surface area contributed by atoms with Crippen molar-refractivity contribution in [2.24, 2.45) is 23.7 Å². The molecule has 3 saturated carbocycles. The SMILES string of the molecule is CC1=CC2C3C=C(C)SC3C([Si](C)(C)C3[CH-]CC4C(c5cc(C)ccc5C)CCCC43)C2S1.[W]. The Kier molecular flexibility index (Phi) is 7.29. The number of hydrogen-bond acceptors (Lipinski definition) is 2. The van der Waals surface area contributed by atoms with Gasteiger partial charge in [-0.1, -0.05) is 73.7 Å². The zero-order valence-corrected chi connectivity index (χ0v) is 27.3. The maximum atomic E-state index is 2.88. The molecule has 2 aliphatic heterocycles. The van der Waals surface area contributed by atoms with Gasteiger partial charge in [-0.25, -0.2) is 0 Å². The molecule has 5 aliphatic rings. The zero-order chi connectivity index (χ0) is 23.1. The smallest absolute Gasteiger partial charge is 0.0273 e. The van der Waals surface area contributed by atoms with Crippen LogP contribution in [0.3, 0.4) is 0 Å². The van der Waals surface area contributed by atoms with Crippen LogP contribution < -0.4 is 0 Å². The molecule has 4 heteroatoms. The molecule has 34 heavy (non-hydrogen) atoms. The van der Waals surface area contributed by atoms with E-state index in [0.29, 0.717) is 0 Å². The van der Waals surface area contributed by atoms with Crippen molar-refractivity contribution in [3.63, 3.8) is 0 Å². The molecule has 0 saturated heterocycles. The first kappa shape index (κ1) is 25.9. The van der Waals surface area contributed by atoms with Crippen LogP contribution in [0.1, 0.15) is 62.1 Å². The van der Waals surface area contributed by atoms with E-state index in [0.717, 1.165) is 51.2 Å². The fraction of sp³-hybridized carbons (Fsp3) is 0.633. The number of rotatable bonds is 3. The van der Waals surface area contributed by atoms with Gasteiger partial charge in [-0.3, -0.25) is 0 Å². The normalized spacial score (nSPS) is 40.8. The fourth-order valence-electron chi connectivity index (χ4n) is 8.90. The van der Waals surface area contributed by atoms with Crippen molar-refractivity contribution in [1.82, 2.24) is 0 Å². The van der Waals surface area contributed by atoms with Crippen LogP contribution in [0.25, 0.3) is 0 Å². The number of aryl methyl sites for hydroxylation is 2. The molecule has 0 nitrogen and oxygen atoms in total. The molecule has 184 valence electrons. The van der Waals surface area contributed by atoms with Gasteiger partial charge in [0.15, 0.2) is 0 Å². The Morgan fingerprint density at radius 1 is 0.882 bits per heavy atom. The van der Waals surface area contributed by atoms with Crippen LogP contribution in [-0.4, -0.2) is 18.6 Å². The van der Waals surface area contributed by atoms with Crippen molar-refractivity contribution < 1.29 is 21.1 Å². The molecule has 8 unspecified atom stereocenters. The summed E-state index contributed by atoms with van der Waals surface area (Å²) in [5.74, 6) is 4.20. The fourth-order valence-corrected chi connectivity index (χ4v) is 19.2. The summed E-state index contributed by atoms with van der Waals surface area (Å²) >= 11 is 4.52. The topological polar surface area (TPSA) is 0 Å². The average Bonchev–Trinajstić information content (AvgIpc) is 3.50. The van der Waals surface area contributed by atoms with Gasteiger partial charge in [0, 0.05) is 39.6 Å². The number of benzene rings is 1. The van der Waals surface area contributed by atoms with Gasteiger partial charge in [-0.2, -0.15) is 12.0 Å². The van der Waals surface area contributed by atoms with Crippen molar-refractivity contribution >= 4 is 31.6 Å². The minimum atomic E-state index is -1.50. The van der Waals surface area contributed by atoms with E-state index >= 15 is 0 Å². The molecule has 3 aliphatic carbocycles. The van der Waals surface area contributed by atoms with Gasteiger partial charge >= 0.3 is 0 Å². The molecule has 1 aromatic carbocycles. The zero-order valence-electron chi connectivity index (χ0n) is 21.7. The quantitative estimate of drug-likeness (QED) is 0.231. The van der Waals surface area contributed by atoms with Crippen LogP contribution in [0.4, 0.5) is 0 Å². The predicted molar refractivity (Wildman–Crippen MR) is 151 cm³/mol. The second-order valence-corrected chi connectivity index (χ2v) is 20.3. The Morgan fingerprint density at radius 3 is 2.18 bits per heavy atom. The van der Waals surface area contributed by atoms with Crippen molar-refractivity contribution in [3.05, 3.63) is 63.3 Å². The predicted octanol–water partition coefficient (Wildman–Crippen LogP) is 9.14. The van der Waals surface area contributed by atoms with E-state index in [9.17, 15) is 0 Å². The Bertz CT molecular complexity index is 981. The Labute approximate surface area is 232 Å². The van der Waals surface area contributed by atoms with Gasteiger partial charge in [0.1, 0.15) is 0 Å². The summed E-state index contributed by atoms with van der Waals surface area (Å²) in [7, 11) is -1.50. The van der Waals surface area contributed by atoms with Crippen LogP contribution in [0, 0.1) is 43.9 Å². The molecular weight excluding hydrogens is 636 g/mol. The van der Waals surface area contributed by atoms with E-state index in [1.165, 1.54) is 36.8 Å². The molecule has 1 aromatic rings. The summed E-state index contributed by atoms with van der Waals surface area (Å²) in [5, 5.41) is 1.70. The van der Waals surface area contributed by atoms with Crippen molar-refractivity contribution in [3.8, 4) is 0 Å². The molecular formula is C30H41S2SiW-. The van der Waals surface area contributed by atoms with Gasteiger partial charge < -0.3 is 6.42 Å². The first-order valence-corrected chi connectivity index (χ1v) is 18.3. The van der Waals surface area contributed by atoms with Crippen LogP contribution in [0.2, 0.25) is 24.2 Å². The van der Waals surface area contributed by atoms with Crippen LogP contribution in [0.5, 0.6) is 0 Å². The van der Waals surface area contributed by atoms with Crippen LogP contribution >= 0.6 is 23.5 Å². The number of hydrogen-bond donors (Lipinski definition) is 0. The maximum absolute atomic E-state index is 2.88. The van der Waals surface area contributed by atoms with E-state index in [-0.39, 0.29) is 21.1 Å². The van der Waals surface area contributed by atoms with Gasteiger partial charge in [0.2, 0.25) is 0 Å². The largest absolute Gasteiger partial charge is 0.327 e. The van der Waals surface area contributed by atoms with E-state index in [2.05, 4.69) is 101 Å². The van der Waals surface area contributed by atoms with E-state index in [4.69, 9.17) is 0 Å². The first-order chi connectivity index (χ1) is 15.8. The minimum absolute atomic E-state index is 0. The summed E-state index contributed by atoms with van der Waals surface area (Å²) in [6, 6.07) is 7.20.